The molecule has 0 amide bonds. The second-order valence-electron chi connectivity index (χ2n) is 4.72. The lowest BCUT2D eigenvalue weighted by Crippen LogP contribution is -2.19. The summed E-state index contributed by atoms with van der Waals surface area (Å²) in [4.78, 5) is 0. The summed E-state index contributed by atoms with van der Waals surface area (Å²) in [6.45, 7) is 0.406. The number of benzene rings is 2. The van der Waals surface area contributed by atoms with Crippen LogP contribution < -0.4 is 4.74 Å². The van der Waals surface area contributed by atoms with Crippen LogP contribution in [0.15, 0.2) is 42.5 Å². The van der Waals surface area contributed by atoms with Crippen LogP contribution in [0, 0.1) is 5.92 Å². The molecule has 1 N–H and O–H groups in total. The van der Waals surface area contributed by atoms with E-state index in [1.807, 2.05) is 30.3 Å². The fourth-order valence-electron chi connectivity index (χ4n) is 2.06. The van der Waals surface area contributed by atoms with Gasteiger partial charge in [0, 0.05) is 0 Å². The normalized spacial score (nSPS) is 17.0. The predicted octanol–water partition coefficient (Wildman–Crippen LogP) is 2.99. The van der Waals surface area contributed by atoms with Gasteiger partial charge in [-0.2, -0.15) is 0 Å². The summed E-state index contributed by atoms with van der Waals surface area (Å²) in [6.07, 6.45) is 1.98. The standard InChI is InChI=1S/C15H16O2/c16-15(12-5-6-12)10-17-14-8-7-11-3-1-2-4-13(11)9-14/h1-4,7-9,12,15-16H,5-6,10H2. The third kappa shape index (κ3) is 2.42. The molecule has 0 spiro atoms. The van der Waals surface area contributed by atoms with Crippen LogP contribution in [0.2, 0.25) is 0 Å². The van der Waals surface area contributed by atoms with Gasteiger partial charge in [-0.25, -0.2) is 0 Å². The highest BCUT2D eigenvalue weighted by Crippen LogP contribution is 2.32. The topological polar surface area (TPSA) is 29.5 Å². The lowest BCUT2D eigenvalue weighted by atomic mass is 10.1. The monoisotopic (exact) mass is 228 g/mol. The lowest BCUT2D eigenvalue weighted by Gasteiger charge is -2.11. The molecule has 1 aliphatic rings. The zero-order valence-electron chi connectivity index (χ0n) is 9.67. The molecule has 2 heteroatoms. The Hall–Kier alpha value is -1.54. The molecule has 0 radical (unpaired) electrons. The van der Waals surface area contributed by atoms with Gasteiger partial charge in [0.05, 0.1) is 6.10 Å². The van der Waals surface area contributed by atoms with E-state index in [-0.39, 0.29) is 6.10 Å². The molecule has 1 fully saturated rings. The first-order valence-electron chi connectivity index (χ1n) is 6.12. The smallest absolute Gasteiger partial charge is 0.120 e. The van der Waals surface area contributed by atoms with Gasteiger partial charge in [-0.15, -0.1) is 0 Å². The Balaban J connectivity index is 1.71. The van der Waals surface area contributed by atoms with Crippen molar-refractivity contribution in [3.63, 3.8) is 0 Å². The molecule has 1 saturated carbocycles. The van der Waals surface area contributed by atoms with E-state index in [1.54, 1.807) is 0 Å². The van der Waals surface area contributed by atoms with Crippen molar-refractivity contribution in [2.75, 3.05) is 6.61 Å². The van der Waals surface area contributed by atoms with Crippen molar-refractivity contribution in [3.8, 4) is 5.75 Å². The maximum absolute atomic E-state index is 9.74. The second-order valence-corrected chi connectivity index (χ2v) is 4.72. The van der Waals surface area contributed by atoms with E-state index >= 15 is 0 Å². The zero-order valence-corrected chi connectivity index (χ0v) is 9.67. The maximum Gasteiger partial charge on any atom is 0.120 e. The molecule has 0 aliphatic heterocycles. The highest BCUT2D eigenvalue weighted by atomic mass is 16.5. The summed E-state index contributed by atoms with van der Waals surface area (Å²) in [5.41, 5.74) is 0. The van der Waals surface area contributed by atoms with Crippen LogP contribution in [-0.4, -0.2) is 17.8 Å². The van der Waals surface area contributed by atoms with Crippen LogP contribution in [0.25, 0.3) is 10.8 Å². The molecule has 0 heterocycles. The second kappa shape index (κ2) is 4.38. The van der Waals surface area contributed by atoms with E-state index in [2.05, 4.69) is 12.1 Å². The SMILES string of the molecule is OC(COc1ccc2ccccc2c1)C1CC1. The van der Waals surface area contributed by atoms with Crippen molar-refractivity contribution < 1.29 is 9.84 Å². The van der Waals surface area contributed by atoms with Gasteiger partial charge in [0.2, 0.25) is 0 Å². The Bertz CT molecular complexity index is 517. The lowest BCUT2D eigenvalue weighted by molar-refractivity contribution is 0.0895. The Labute approximate surface area is 101 Å². The molecule has 3 rings (SSSR count). The summed E-state index contributed by atoms with van der Waals surface area (Å²) >= 11 is 0. The third-order valence-electron chi connectivity index (χ3n) is 3.31. The Morgan fingerprint density at radius 3 is 2.65 bits per heavy atom. The van der Waals surface area contributed by atoms with Crippen molar-refractivity contribution in [1.29, 1.82) is 0 Å². The van der Waals surface area contributed by atoms with E-state index in [4.69, 9.17) is 4.74 Å². The average molecular weight is 228 g/mol. The van der Waals surface area contributed by atoms with Crippen molar-refractivity contribution in [2.45, 2.75) is 18.9 Å². The Morgan fingerprint density at radius 2 is 1.88 bits per heavy atom. The summed E-state index contributed by atoms with van der Waals surface area (Å²) in [5.74, 6) is 1.30. The van der Waals surface area contributed by atoms with Crippen LogP contribution in [0.5, 0.6) is 5.75 Å². The minimum atomic E-state index is -0.304. The van der Waals surface area contributed by atoms with Crippen LogP contribution in [0.3, 0.4) is 0 Å². The quantitative estimate of drug-likeness (QED) is 0.871. The minimum Gasteiger partial charge on any atom is -0.491 e. The Kier molecular flexibility index (Phi) is 2.73. The van der Waals surface area contributed by atoms with Crippen molar-refractivity contribution in [2.24, 2.45) is 5.92 Å². The van der Waals surface area contributed by atoms with Gasteiger partial charge >= 0.3 is 0 Å². The number of aliphatic hydroxyl groups is 1. The van der Waals surface area contributed by atoms with Crippen molar-refractivity contribution in [3.05, 3.63) is 42.5 Å². The number of aliphatic hydroxyl groups excluding tert-OH is 1. The van der Waals surface area contributed by atoms with E-state index in [0.717, 1.165) is 18.6 Å². The van der Waals surface area contributed by atoms with Gasteiger partial charge < -0.3 is 9.84 Å². The molecule has 2 aromatic carbocycles. The van der Waals surface area contributed by atoms with E-state index in [0.29, 0.717) is 12.5 Å². The number of ether oxygens (including phenoxy) is 1. The largest absolute Gasteiger partial charge is 0.491 e. The molecule has 1 unspecified atom stereocenters. The maximum atomic E-state index is 9.74. The number of fused-ring (bicyclic) bond motifs is 1. The van der Waals surface area contributed by atoms with E-state index in [9.17, 15) is 5.11 Å². The summed E-state index contributed by atoms with van der Waals surface area (Å²) < 4.78 is 5.63. The van der Waals surface area contributed by atoms with Crippen LogP contribution >= 0.6 is 0 Å². The number of rotatable bonds is 4. The molecule has 0 bridgehead atoms. The number of hydrogen-bond donors (Lipinski definition) is 1. The van der Waals surface area contributed by atoms with Gasteiger partial charge in [-0.1, -0.05) is 30.3 Å². The number of hydrogen-bond acceptors (Lipinski definition) is 2. The van der Waals surface area contributed by atoms with Gasteiger partial charge in [0.1, 0.15) is 12.4 Å². The van der Waals surface area contributed by atoms with Gasteiger partial charge in [0.25, 0.3) is 0 Å². The molecular formula is C15H16O2. The average Bonchev–Trinajstić information content (AvgIpc) is 3.20. The predicted molar refractivity (Wildman–Crippen MR) is 68.2 cm³/mol. The zero-order chi connectivity index (χ0) is 11.7. The van der Waals surface area contributed by atoms with Crippen molar-refractivity contribution >= 4 is 10.8 Å². The first kappa shape index (κ1) is 10.6. The van der Waals surface area contributed by atoms with Gasteiger partial charge in [-0.05, 0) is 41.7 Å². The first-order valence-corrected chi connectivity index (χ1v) is 6.12. The highest BCUT2D eigenvalue weighted by molar-refractivity contribution is 5.83. The summed E-state index contributed by atoms with van der Waals surface area (Å²) in [5, 5.41) is 12.1. The van der Waals surface area contributed by atoms with Gasteiger partial charge in [-0.3, -0.25) is 0 Å². The highest BCUT2D eigenvalue weighted by Gasteiger charge is 2.29. The summed E-state index contributed by atoms with van der Waals surface area (Å²) in [6, 6.07) is 14.2. The molecule has 0 saturated heterocycles. The summed E-state index contributed by atoms with van der Waals surface area (Å²) in [7, 11) is 0. The molecule has 2 nitrogen and oxygen atoms in total. The molecule has 88 valence electrons. The van der Waals surface area contributed by atoms with Crippen LogP contribution in [-0.2, 0) is 0 Å². The molecular weight excluding hydrogens is 212 g/mol. The Morgan fingerprint density at radius 1 is 1.12 bits per heavy atom. The molecule has 1 aliphatic carbocycles. The molecule has 0 aromatic heterocycles. The van der Waals surface area contributed by atoms with Crippen molar-refractivity contribution in [1.82, 2.24) is 0 Å². The van der Waals surface area contributed by atoms with Crippen LogP contribution in [0.4, 0.5) is 0 Å². The fourth-order valence-corrected chi connectivity index (χ4v) is 2.06. The van der Waals surface area contributed by atoms with E-state index < -0.39 is 0 Å². The molecule has 1 atom stereocenters. The van der Waals surface area contributed by atoms with Crippen LogP contribution in [0.1, 0.15) is 12.8 Å². The third-order valence-corrected chi connectivity index (χ3v) is 3.31. The fraction of sp³-hybridized carbons (Fsp3) is 0.333. The minimum absolute atomic E-state index is 0.304. The molecule has 17 heavy (non-hydrogen) atoms. The van der Waals surface area contributed by atoms with Gasteiger partial charge in [0.15, 0.2) is 0 Å². The molecule has 2 aromatic rings. The first-order chi connectivity index (χ1) is 8.33. The van der Waals surface area contributed by atoms with E-state index in [1.165, 1.54) is 10.8 Å².